The van der Waals surface area contributed by atoms with Crippen molar-refractivity contribution in [2.24, 2.45) is 0 Å². The predicted molar refractivity (Wildman–Crippen MR) is 110 cm³/mol. The second kappa shape index (κ2) is 9.49. The molecule has 1 atom stereocenters. The standard InChI is InChI=1S/C18H22N4O2S.C2HF3O2/c1-12-4-3-5-14(21-12)7-24-15-6-18(25-8-15)9-22(10-18)17(23)16-13(2)19-11-20-16;3-2(4,5)1(6)7/h3-5,11,15H,6-10H2,1-2H3,(H,19,20);(H,6,7). The number of ether oxygens (including phenoxy) is 1. The van der Waals surface area contributed by atoms with Crippen LogP contribution >= 0.6 is 11.8 Å². The fourth-order valence-electron chi connectivity index (χ4n) is 3.53. The van der Waals surface area contributed by atoms with E-state index in [4.69, 9.17) is 14.6 Å². The SMILES string of the molecule is Cc1cccc(COC2CSC3(C2)CN(C(=O)c2nc[nH]c2C)C3)n1.O=C(O)C(F)(F)F. The predicted octanol–water partition coefficient (Wildman–Crippen LogP) is 2.97. The number of carboxylic acid groups (broad SMARTS) is 1. The Hall–Kier alpha value is -2.60. The number of carbonyl (C=O) groups excluding carboxylic acids is 1. The van der Waals surface area contributed by atoms with Crippen molar-refractivity contribution in [3.63, 3.8) is 0 Å². The average molecular weight is 472 g/mol. The Bertz CT molecular complexity index is 976. The van der Waals surface area contributed by atoms with Gasteiger partial charge in [-0.05, 0) is 32.4 Å². The lowest BCUT2D eigenvalue weighted by atomic mass is 9.92. The molecule has 2 aromatic rings. The molecule has 0 aliphatic carbocycles. The number of carbonyl (C=O) groups is 2. The summed E-state index contributed by atoms with van der Waals surface area (Å²) in [6.07, 6.45) is -2.28. The summed E-state index contributed by atoms with van der Waals surface area (Å²) in [5, 5.41) is 7.12. The van der Waals surface area contributed by atoms with Gasteiger partial charge in [-0.15, -0.1) is 11.8 Å². The maximum absolute atomic E-state index is 12.5. The van der Waals surface area contributed by atoms with Crippen LogP contribution in [0.15, 0.2) is 24.5 Å². The first-order valence-corrected chi connectivity index (χ1v) is 10.8. The van der Waals surface area contributed by atoms with E-state index < -0.39 is 12.1 Å². The van der Waals surface area contributed by atoms with Gasteiger partial charge in [-0.1, -0.05) is 6.07 Å². The van der Waals surface area contributed by atoms with Gasteiger partial charge >= 0.3 is 12.1 Å². The first-order valence-electron chi connectivity index (χ1n) is 9.76. The minimum absolute atomic E-state index is 0.0262. The van der Waals surface area contributed by atoms with E-state index in [2.05, 4.69) is 15.0 Å². The topological polar surface area (TPSA) is 108 Å². The summed E-state index contributed by atoms with van der Waals surface area (Å²) in [5.41, 5.74) is 3.36. The molecule has 4 heterocycles. The second-order valence-corrected chi connectivity index (χ2v) is 9.23. The maximum atomic E-state index is 12.5. The third-order valence-electron chi connectivity index (χ3n) is 5.11. The Labute approximate surface area is 186 Å². The van der Waals surface area contributed by atoms with Crippen molar-refractivity contribution in [1.29, 1.82) is 0 Å². The van der Waals surface area contributed by atoms with Gasteiger partial charge < -0.3 is 19.7 Å². The maximum Gasteiger partial charge on any atom is 0.490 e. The molecule has 1 unspecified atom stereocenters. The zero-order chi connectivity index (χ0) is 23.5. The summed E-state index contributed by atoms with van der Waals surface area (Å²) in [7, 11) is 0. The zero-order valence-corrected chi connectivity index (χ0v) is 18.3. The molecule has 32 heavy (non-hydrogen) atoms. The highest BCUT2D eigenvalue weighted by atomic mass is 32.2. The van der Waals surface area contributed by atoms with Crippen LogP contribution in [0.3, 0.4) is 0 Å². The number of nitrogens with one attached hydrogen (secondary N) is 1. The molecular weight excluding hydrogens is 449 g/mol. The molecule has 1 spiro atoms. The van der Waals surface area contributed by atoms with Gasteiger partial charge in [0.25, 0.3) is 5.91 Å². The highest BCUT2D eigenvalue weighted by Gasteiger charge is 2.51. The van der Waals surface area contributed by atoms with E-state index in [9.17, 15) is 18.0 Å². The fourth-order valence-corrected chi connectivity index (χ4v) is 5.08. The van der Waals surface area contributed by atoms with E-state index in [1.807, 2.05) is 48.7 Å². The number of halogens is 3. The molecule has 0 radical (unpaired) electrons. The molecule has 2 saturated heterocycles. The van der Waals surface area contributed by atoms with Crippen LogP contribution in [0.5, 0.6) is 0 Å². The van der Waals surface area contributed by atoms with E-state index in [1.54, 1.807) is 6.33 Å². The lowest BCUT2D eigenvalue weighted by Gasteiger charge is -2.47. The smallest absolute Gasteiger partial charge is 0.475 e. The van der Waals surface area contributed by atoms with Crippen molar-refractivity contribution < 1.29 is 32.6 Å². The molecule has 2 fully saturated rings. The van der Waals surface area contributed by atoms with Crippen LogP contribution in [-0.4, -0.2) is 72.7 Å². The molecule has 174 valence electrons. The number of amides is 1. The molecule has 8 nitrogen and oxygen atoms in total. The Morgan fingerprint density at radius 3 is 2.59 bits per heavy atom. The van der Waals surface area contributed by atoms with Crippen LogP contribution in [0.4, 0.5) is 13.2 Å². The van der Waals surface area contributed by atoms with E-state index in [0.29, 0.717) is 12.3 Å². The molecule has 12 heteroatoms. The summed E-state index contributed by atoms with van der Waals surface area (Å²) in [4.78, 5) is 34.8. The summed E-state index contributed by atoms with van der Waals surface area (Å²) >= 11 is 1.93. The Balaban J connectivity index is 0.000000360. The monoisotopic (exact) mass is 472 g/mol. The molecule has 2 aromatic heterocycles. The van der Waals surface area contributed by atoms with Crippen molar-refractivity contribution >= 4 is 23.6 Å². The quantitative estimate of drug-likeness (QED) is 0.704. The molecule has 0 bridgehead atoms. The largest absolute Gasteiger partial charge is 0.490 e. The number of hydrogen-bond donors (Lipinski definition) is 2. The van der Waals surface area contributed by atoms with Gasteiger partial charge in [-0.3, -0.25) is 9.78 Å². The third kappa shape index (κ3) is 5.80. The van der Waals surface area contributed by atoms with Gasteiger partial charge in [0.1, 0.15) is 5.69 Å². The second-order valence-electron chi connectivity index (χ2n) is 7.74. The minimum atomic E-state index is -5.08. The van der Waals surface area contributed by atoms with E-state index in [0.717, 1.165) is 42.3 Å². The zero-order valence-electron chi connectivity index (χ0n) is 17.5. The number of hydrogen-bond acceptors (Lipinski definition) is 6. The Morgan fingerprint density at radius 2 is 2.03 bits per heavy atom. The van der Waals surface area contributed by atoms with Crippen molar-refractivity contribution in [2.75, 3.05) is 18.8 Å². The van der Waals surface area contributed by atoms with E-state index in [-0.39, 0.29) is 16.8 Å². The highest BCUT2D eigenvalue weighted by Crippen LogP contribution is 2.46. The number of thioether (sulfide) groups is 1. The summed E-state index contributed by atoms with van der Waals surface area (Å²) in [6, 6.07) is 6.00. The van der Waals surface area contributed by atoms with Gasteiger partial charge in [0.05, 0.1) is 29.5 Å². The van der Waals surface area contributed by atoms with Gasteiger partial charge in [0.15, 0.2) is 0 Å². The number of carboxylic acids is 1. The van der Waals surface area contributed by atoms with Gasteiger partial charge in [0, 0.05) is 30.2 Å². The number of pyridine rings is 1. The molecule has 0 saturated carbocycles. The first-order chi connectivity index (χ1) is 15.0. The van der Waals surface area contributed by atoms with Gasteiger partial charge in [-0.25, -0.2) is 9.78 Å². The number of alkyl halides is 3. The van der Waals surface area contributed by atoms with Gasteiger partial charge in [-0.2, -0.15) is 13.2 Å². The van der Waals surface area contributed by atoms with Crippen molar-refractivity contribution in [3.8, 4) is 0 Å². The number of aliphatic carboxylic acids is 1. The van der Waals surface area contributed by atoms with Crippen LogP contribution in [-0.2, 0) is 16.1 Å². The van der Waals surface area contributed by atoms with E-state index >= 15 is 0 Å². The fraction of sp³-hybridized carbons (Fsp3) is 0.500. The number of nitrogens with zero attached hydrogens (tertiary/aromatic N) is 3. The highest BCUT2D eigenvalue weighted by molar-refractivity contribution is 8.01. The van der Waals surface area contributed by atoms with Crippen LogP contribution in [0.2, 0.25) is 0 Å². The first kappa shape index (κ1) is 24.1. The number of rotatable bonds is 4. The Kier molecular flexibility index (Phi) is 7.13. The number of H-pyrrole nitrogens is 1. The third-order valence-corrected chi connectivity index (χ3v) is 6.68. The average Bonchev–Trinajstić information content (AvgIpc) is 3.31. The molecular formula is C20H23F3N4O4S. The number of imidazole rings is 1. The molecule has 1 amide bonds. The van der Waals surface area contributed by atoms with Crippen LogP contribution in [0, 0.1) is 13.8 Å². The van der Waals surface area contributed by atoms with Crippen LogP contribution in [0.25, 0.3) is 0 Å². The molecule has 0 aromatic carbocycles. The number of aryl methyl sites for hydroxylation is 2. The molecule has 2 N–H and O–H groups in total. The summed E-state index contributed by atoms with van der Waals surface area (Å²) < 4.78 is 38.0. The molecule has 2 aliphatic rings. The van der Waals surface area contributed by atoms with Crippen molar-refractivity contribution in [3.05, 3.63) is 47.3 Å². The normalized spacial score (nSPS) is 19.3. The van der Waals surface area contributed by atoms with Crippen molar-refractivity contribution in [1.82, 2.24) is 19.9 Å². The van der Waals surface area contributed by atoms with Crippen molar-refractivity contribution in [2.45, 2.75) is 43.9 Å². The number of aromatic nitrogens is 3. The summed E-state index contributed by atoms with van der Waals surface area (Å²) in [5.74, 6) is -1.75. The van der Waals surface area contributed by atoms with Crippen LogP contribution < -0.4 is 0 Å². The Morgan fingerprint density at radius 1 is 1.34 bits per heavy atom. The van der Waals surface area contributed by atoms with E-state index in [1.165, 1.54) is 0 Å². The lowest BCUT2D eigenvalue weighted by Crippen LogP contribution is -2.60. The number of likely N-dealkylation sites (tertiary alicyclic amines) is 1. The van der Waals surface area contributed by atoms with Gasteiger partial charge in [0.2, 0.25) is 0 Å². The molecule has 2 aliphatic heterocycles. The van der Waals surface area contributed by atoms with Crippen LogP contribution in [0.1, 0.15) is 34.0 Å². The molecule has 4 rings (SSSR count). The summed E-state index contributed by atoms with van der Waals surface area (Å²) in [6.45, 7) is 5.99. The number of aromatic amines is 1. The lowest BCUT2D eigenvalue weighted by molar-refractivity contribution is -0.192. The minimum Gasteiger partial charge on any atom is -0.475 e.